The molecule has 8 heteroatoms. The average molecular weight is 376 g/mol. The number of aromatic nitrogens is 2. The number of nitrogens with one attached hydrogen (secondary N) is 1. The van der Waals surface area contributed by atoms with Crippen molar-refractivity contribution in [1.29, 1.82) is 0 Å². The van der Waals surface area contributed by atoms with Crippen LogP contribution in [0, 0.1) is 5.41 Å². The normalized spacial score (nSPS) is 17.8. The van der Waals surface area contributed by atoms with Crippen LogP contribution in [0.4, 0.5) is 5.69 Å². The molecule has 2 heterocycles. The largest absolute Gasteiger partial charge is 0.328 e. The Morgan fingerprint density at radius 2 is 2.15 bits per heavy atom. The molecule has 7 nitrogen and oxygen atoms in total. The van der Waals surface area contributed by atoms with Crippen LogP contribution in [0.1, 0.15) is 26.7 Å². The molecular weight excluding hydrogens is 352 g/mol. The molecule has 1 saturated heterocycles. The lowest BCUT2D eigenvalue weighted by atomic mass is 9.85. The van der Waals surface area contributed by atoms with Crippen LogP contribution in [-0.4, -0.2) is 41.3 Å². The molecule has 0 radical (unpaired) electrons. The monoisotopic (exact) mass is 376 g/mol. The van der Waals surface area contributed by atoms with Gasteiger partial charge in [0.25, 0.3) is 0 Å². The zero-order valence-electron chi connectivity index (χ0n) is 15.1. The third-order valence-electron chi connectivity index (χ3n) is 4.51. The van der Waals surface area contributed by atoms with Gasteiger partial charge in [0.15, 0.2) is 0 Å². The van der Waals surface area contributed by atoms with Crippen LogP contribution >= 0.6 is 0 Å². The third-order valence-corrected chi connectivity index (χ3v) is 6.35. The number of amides is 1. The highest BCUT2D eigenvalue weighted by Crippen LogP contribution is 2.32. The Morgan fingerprint density at radius 1 is 1.35 bits per heavy atom. The first-order chi connectivity index (χ1) is 12.3. The minimum Gasteiger partial charge on any atom is -0.328 e. The van der Waals surface area contributed by atoms with Crippen molar-refractivity contribution in [3.63, 3.8) is 0 Å². The van der Waals surface area contributed by atoms with E-state index in [2.05, 4.69) is 24.1 Å². The molecule has 0 atom stereocenters. The summed E-state index contributed by atoms with van der Waals surface area (Å²) >= 11 is 0. The van der Waals surface area contributed by atoms with Gasteiger partial charge in [-0.05, 0) is 36.5 Å². The second-order valence-electron chi connectivity index (χ2n) is 7.42. The quantitative estimate of drug-likeness (QED) is 0.868. The fourth-order valence-electron chi connectivity index (χ4n) is 3.20. The van der Waals surface area contributed by atoms with Crippen LogP contribution < -0.4 is 5.32 Å². The summed E-state index contributed by atoms with van der Waals surface area (Å²) in [5.41, 5.74) is 0.439. The van der Waals surface area contributed by atoms with E-state index in [1.807, 2.05) is 0 Å². The van der Waals surface area contributed by atoms with E-state index in [1.165, 1.54) is 6.07 Å². The topological polar surface area (TPSA) is 84.3 Å². The van der Waals surface area contributed by atoms with E-state index in [0.717, 1.165) is 12.8 Å². The summed E-state index contributed by atoms with van der Waals surface area (Å²) in [6, 6.07) is 6.42. The van der Waals surface area contributed by atoms with Gasteiger partial charge in [-0.25, -0.2) is 13.4 Å². The van der Waals surface area contributed by atoms with Crippen LogP contribution in [0.5, 0.6) is 0 Å². The Bertz CT molecular complexity index is 876. The van der Waals surface area contributed by atoms with Crippen molar-refractivity contribution in [3.8, 4) is 0 Å². The number of hydrogen-bond donors (Lipinski definition) is 1. The standard InChI is InChI=1S/C18H24N4O3S/c1-18(2)7-4-9-22(13-18)26(24,25)16-6-3-5-15(11-16)20-17(23)12-21-10-8-19-14-21/h3,5-6,8,10-11,14H,4,7,9,12-13H2,1-2H3,(H,20,23). The lowest BCUT2D eigenvalue weighted by Gasteiger charge is -2.37. The van der Waals surface area contributed by atoms with Gasteiger partial charge in [0.2, 0.25) is 15.9 Å². The van der Waals surface area contributed by atoms with Crippen LogP contribution in [0.3, 0.4) is 0 Å². The number of piperidine rings is 1. The van der Waals surface area contributed by atoms with Gasteiger partial charge in [-0.2, -0.15) is 4.31 Å². The van der Waals surface area contributed by atoms with Crippen molar-refractivity contribution in [2.45, 2.75) is 38.1 Å². The first kappa shape index (κ1) is 18.6. The van der Waals surface area contributed by atoms with Gasteiger partial charge in [-0.1, -0.05) is 19.9 Å². The molecule has 1 aliphatic rings. The number of anilines is 1. The molecule has 26 heavy (non-hydrogen) atoms. The summed E-state index contributed by atoms with van der Waals surface area (Å²) in [5, 5.41) is 2.74. The van der Waals surface area contributed by atoms with Crippen molar-refractivity contribution < 1.29 is 13.2 Å². The van der Waals surface area contributed by atoms with Crippen LogP contribution in [0.2, 0.25) is 0 Å². The maximum Gasteiger partial charge on any atom is 0.244 e. The zero-order chi connectivity index (χ0) is 18.8. The Morgan fingerprint density at radius 3 is 2.85 bits per heavy atom. The fourth-order valence-corrected chi connectivity index (χ4v) is 4.92. The smallest absolute Gasteiger partial charge is 0.244 e. The molecule has 1 fully saturated rings. The molecule has 0 bridgehead atoms. The lowest BCUT2D eigenvalue weighted by Crippen LogP contribution is -2.43. The van der Waals surface area contributed by atoms with E-state index < -0.39 is 10.0 Å². The molecule has 0 saturated carbocycles. The summed E-state index contributed by atoms with van der Waals surface area (Å²) in [7, 11) is -3.57. The third kappa shape index (κ3) is 4.31. The van der Waals surface area contributed by atoms with E-state index in [0.29, 0.717) is 18.8 Å². The minimum atomic E-state index is -3.57. The van der Waals surface area contributed by atoms with E-state index in [4.69, 9.17) is 0 Å². The Hall–Kier alpha value is -2.19. The maximum atomic E-state index is 13.0. The minimum absolute atomic E-state index is 0.0258. The van der Waals surface area contributed by atoms with Crippen LogP contribution in [-0.2, 0) is 21.4 Å². The Kier molecular flexibility index (Phi) is 5.15. The molecule has 1 aliphatic heterocycles. The Labute approximate surface area is 154 Å². The summed E-state index contributed by atoms with van der Waals surface area (Å²) in [5.74, 6) is -0.239. The summed E-state index contributed by atoms with van der Waals surface area (Å²) < 4.78 is 29.1. The van der Waals surface area contributed by atoms with E-state index in [-0.39, 0.29) is 22.8 Å². The molecule has 2 aromatic rings. The van der Waals surface area contributed by atoms with Gasteiger partial charge in [0, 0.05) is 31.2 Å². The zero-order valence-corrected chi connectivity index (χ0v) is 15.9. The van der Waals surface area contributed by atoms with Gasteiger partial charge < -0.3 is 9.88 Å². The predicted molar refractivity (Wildman–Crippen MR) is 99.1 cm³/mol. The van der Waals surface area contributed by atoms with Gasteiger partial charge >= 0.3 is 0 Å². The SMILES string of the molecule is CC1(C)CCCN(S(=O)(=O)c2cccc(NC(=O)Cn3ccnc3)c2)C1. The average Bonchev–Trinajstić information content (AvgIpc) is 3.07. The van der Waals surface area contributed by atoms with E-state index in [9.17, 15) is 13.2 Å². The molecule has 0 spiro atoms. The molecule has 1 aromatic heterocycles. The van der Waals surface area contributed by atoms with Gasteiger partial charge in [0.05, 0.1) is 11.2 Å². The number of carbonyl (C=O) groups is 1. The van der Waals surface area contributed by atoms with Crippen LogP contribution in [0.15, 0.2) is 47.9 Å². The fraction of sp³-hybridized carbons (Fsp3) is 0.444. The first-order valence-electron chi connectivity index (χ1n) is 8.62. The number of benzene rings is 1. The summed E-state index contributed by atoms with van der Waals surface area (Å²) in [6.45, 7) is 5.33. The molecule has 1 aromatic carbocycles. The van der Waals surface area contributed by atoms with Crippen molar-refractivity contribution in [2.75, 3.05) is 18.4 Å². The first-order valence-corrected chi connectivity index (χ1v) is 10.1. The van der Waals surface area contributed by atoms with Crippen molar-refractivity contribution in [3.05, 3.63) is 43.0 Å². The molecule has 0 unspecified atom stereocenters. The van der Waals surface area contributed by atoms with E-state index >= 15 is 0 Å². The van der Waals surface area contributed by atoms with Gasteiger partial charge in [-0.3, -0.25) is 4.79 Å². The van der Waals surface area contributed by atoms with Gasteiger partial charge in [0.1, 0.15) is 6.54 Å². The molecule has 1 amide bonds. The number of hydrogen-bond acceptors (Lipinski definition) is 4. The second-order valence-corrected chi connectivity index (χ2v) is 9.36. The number of nitrogens with zero attached hydrogens (tertiary/aromatic N) is 3. The highest BCUT2D eigenvalue weighted by Gasteiger charge is 2.34. The van der Waals surface area contributed by atoms with Gasteiger partial charge in [-0.15, -0.1) is 0 Å². The maximum absolute atomic E-state index is 13.0. The molecular formula is C18H24N4O3S. The van der Waals surface area contributed by atoms with Crippen molar-refractivity contribution in [2.24, 2.45) is 5.41 Å². The number of imidazole rings is 1. The molecule has 0 aliphatic carbocycles. The lowest BCUT2D eigenvalue weighted by molar-refractivity contribution is -0.116. The predicted octanol–water partition coefficient (Wildman–Crippen LogP) is 2.33. The number of sulfonamides is 1. The number of carbonyl (C=O) groups excluding carboxylic acids is 1. The molecule has 3 rings (SSSR count). The Balaban J connectivity index is 1.74. The second kappa shape index (κ2) is 7.20. The molecule has 140 valence electrons. The van der Waals surface area contributed by atoms with Crippen molar-refractivity contribution in [1.82, 2.24) is 13.9 Å². The highest BCUT2D eigenvalue weighted by atomic mass is 32.2. The summed E-state index contributed by atoms with van der Waals surface area (Å²) in [6.07, 6.45) is 6.72. The van der Waals surface area contributed by atoms with Crippen molar-refractivity contribution >= 4 is 21.6 Å². The summed E-state index contributed by atoms with van der Waals surface area (Å²) in [4.78, 5) is 16.2. The number of rotatable bonds is 5. The van der Waals surface area contributed by atoms with E-state index in [1.54, 1.807) is 45.8 Å². The van der Waals surface area contributed by atoms with Crippen LogP contribution in [0.25, 0.3) is 0 Å². The molecule has 1 N–H and O–H groups in total. The highest BCUT2D eigenvalue weighted by molar-refractivity contribution is 7.89.